The average molecular weight is 432 g/mol. The normalized spacial score (nSPS) is 12.1. The molecule has 2 heterocycles. The molecule has 3 rings (SSSR count). The number of halogens is 1. The lowest BCUT2D eigenvalue weighted by atomic mass is 10.2. The highest BCUT2D eigenvalue weighted by Gasteiger charge is 2.18. The molecule has 0 saturated carbocycles. The van der Waals surface area contributed by atoms with Crippen molar-refractivity contribution in [3.8, 4) is 0 Å². The molecule has 0 saturated heterocycles. The fraction of sp³-hybridized carbons (Fsp3) is 0.222. The first-order valence-corrected chi connectivity index (χ1v) is 9.10. The van der Waals surface area contributed by atoms with Crippen molar-refractivity contribution in [3.63, 3.8) is 0 Å². The van der Waals surface area contributed by atoms with E-state index in [4.69, 9.17) is 11.6 Å². The van der Waals surface area contributed by atoms with Gasteiger partial charge < -0.3 is 0 Å². The van der Waals surface area contributed by atoms with Gasteiger partial charge in [0.2, 0.25) is 5.95 Å². The van der Waals surface area contributed by atoms with E-state index in [1.54, 1.807) is 29.7 Å². The number of aromatic nitrogens is 4. The Labute approximate surface area is 174 Å². The standard InChI is InChI=1S/C18H18ClN7O4/c1-11(19)7-8-25-14-15(23(2)18(28)24(3)16(14)27)21-17(25)22-20-10-12-5-4-6-13(9-12)26(29)30/h4-7,9-10H,8H2,1-3H3,(H,21,22)/b11-7-,20-10-. The van der Waals surface area contributed by atoms with Crippen LogP contribution in [0, 0.1) is 10.1 Å². The summed E-state index contributed by atoms with van der Waals surface area (Å²) >= 11 is 5.93. The molecule has 0 aliphatic rings. The number of imidazole rings is 1. The molecular formula is C18H18ClN7O4. The molecule has 11 nitrogen and oxygen atoms in total. The molecule has 2 aromatic heterocycles. The molecule has 0 radical (unpaired) electrons. The van der Waals surface area contributed by atoms with Gasteiger partial charge in [0.05, 0.1) is 11.1 Å². The summed E-state index contributed by atoms with van der Waals surface area (Å²) in [6, 6.07) is 5.94. The van der Waals surface area contributed by atoms with Crippen molar-refractivity contribution in [1.29, 1.82) is 0 Å². The van der Waals surface area contributed by atoms with Crippen LogP contribution in [0.15, 0.2) is 50.1 Å². The van der Waals surface area contributed by atoms with Gasteiger partial charge in [0.25, 0.3) is 11.2 Å². The first-order valence-electron chi connectivity index (χ1n) is 8.72. The second-order valence-corrected chi connectivity index (χ2v) is 7.03. The van der Waals surface area contributed by atoms with E-state index in [1.807, 2.05) is 0 Å². The summed E-state index contributed by atoms with van der Waals surface area (Å²) in [4.78, 5) is 39.6. The van der Waals surface area contributed by atoms with E-state index in [0.29, 0.717) is 10.6 Å². The van der Waals surface area contributed by atoms with Crippen molar-refractivity contribution in [3.05, 3.63) is 71.9 Å². The Bertz CT molecular complexity index is 1310. The molecule has 0 fully saturated rings. The number of fused-ring (bicyclic) bond motifs is 1. The molecule has 0 amide bonds. The molecule has 12 heteroatoms. The minimum atomic E-state index is -0.507. The second-order valence-electron chi connectivity index (χ2n) is 6.44. The Morgan fingerprint density at radius 1 is 1.33 bits per heavy atom. The van der Waals surface area contributed by atoms with Gasteiger partial charge in [-0.3, -0.25) is 28.6 Å². The number of rotatable bonds is 6. The molecule has 0 spiro atoms. The number of nitro benzene ring substituents is 1. The summed E-state index contributed by atoms with van der Waals surface area (Å²) in [5.74, 6) is 0.208. The Kier molecular flexibility index (Phi) is 5.83. The number of benzene rings is 1. The summed E-state index contributed by atoms with van der Waals surface area (Å²) in [5.41, 5.74) is 2.56. The number of hydrogen-bond acceptors (Lipinski definition) is 7. The molecule has 0 bridgehead atoms. The highest BCUT2D eigenvalue weighted by Crippen LogP contribution is 2.17. The quantitative estimate of drug-likeness (QED) is 0.360. The Morgan fingerprint density at radius 2 is 2.07 bits per heavy atom. The molecule has 1 N–H and O–H groups in total. The largest absolute Gasteiger partial charge is 0.332 e. The number of hydrogen-bond donors (Lipinski definition) is 1. The summed E-state index contributed by atoms with van der Waals surface area (Å²) in [5, 5.41) is 15.5. The lowest BCUT2D eigenvalue weighted by Gasteiger charge is -2.07. The summed E-state index contributed by atoms with van der Waals surface area (Å²) < 4.78 is 3.81. The summed E-state index contributed by atoms with van der Waals surface area (Å²) in [7, 11) is 2.90. The van der Waals surface area contributed by atoms with Crippen LogP contribution in [0.2, 0.25) is 0 Å². The SMILES string of the molecule is C/C(Cl)=C/Cn1c(N/N=C\c2cccc([N+](=O)[O-])c2)nc2c1c(=O)n(C)c(=O)n2C. The van der Waals surface area contributed by atoms with E-state index < -0.39 is 16.2 Å². The van der Waals surface area contributed by atoms with Gasteiger partial charge in [-0.1, -0.05) is 29.8 Å². The van der Waals surface area contributed by atoms with E-state index in [0.717, 1.165) is 4.57 Å². The van der Waals surface area contributed by atoms with Crippen LogP contribution >= 0.6 is 11.6 Å². The van der Waals surface area contributed by atoms with Gasteiger partial charge >= 0.3 is 5.69 Å². The molecule has 0 aliphatic carbocycles. The van der Waals surface area contributed by atoms with Crippen LogP contribution in [0.5, 0.6) is 0 Å². The number of anilines is 1. The van der Waals surface area contributed by atoms with Crippen molar-refractivity contribution >= 4 is 40.6 Å². The maximum atomic E-state index is 12.7. The van der Waals surface area contributed by atoms with Crippen LogP contribution in [0.25, 0.3) is 11.2 Å². The van der Waals surface area contributed by atoms with Crippen LogP contribution in [-0.4, -0.2) is 29.8 Å². The third-order valence-electron chi connectivity index (χ3n) is 4.36. The number of nitrogens with zero attached hydrogens (tertiary/aromatic N) is 6. The number of non-ortho nitro benzene ring substituents is 1. The first-order chi connectivity index (χ1) is 14.2. The summed E-state index contributed by atoms with van der Waals surface area (Å²) in [6.45, 7) is 1.91. The number of nitrogens with one attached hydrogen (secondary N) is 1. The van der Waals surface area contributed by atoms with Gasteiger partial charge in [0.15, 0.2) is 11.2 Å². The fourth-order valence-corrected chi connectivity index (χ4v) is 2.88. The highest BCUT2D eigenvalue weighted by molar-refractivity contribution is 6.29. The van der Waals surface area contributed by atoms with E-state index >= 15 is 0 Å². The number of aryl methyl sites for hydroxylation is 1. The van der Waals surface area contributed by atoms with Crippen LogP contribution in [-0.2, 0) is 20.6 Å². The van der Waals surface area contributed by atoms with E-state index in [-0.39, 0.29) is 29.3 Å². The third-order valence-corrected chi connectivity index (χ3v) is 4.52. The Hall–Kier alpha value is -3.73. The molecule has 0 unspecified atom stereocenters. The highest BCUT2D eigenvalue weighted by atomic mass is 35.5. The van der Waals surface area contributed by atoms with Crippen LogP contribution in [0.1, 0.15) is 12.5 Å². The first kappa shape index (κ1) is 21.0. The minimum absolute atomic E-state index is 0.0626. The van der Waals surface area contributed by atoms with Crippen molar-refractivity contribution in [2.24, 2.45) is 19.2 Å². The molecule has 156 valence electrons. The smallest absolute Gasteiger partial charge is 0.299 e. The Balaban J connectivity index is 2.06. The maximum absolute atomic E-state index is 12.7. The molecule has 3 aromatic rings. The monoisotopic (exact) mass is 431 g/mol. The van der Waals surface area contributed by atoms with E-state index in [2.05, 4.69) is 15.5 Å². The summed E-state index contributed by atoms with van der Waals surface area (Å²) in [6.07, 6.45) is 3.07. The molecule has 1 aromatic carbocycles. The fourth-order valence-electron chi connectivity index (χ4n) is 2.81. The third kappa shape index (κ3) is 4.01. The topological polar surface area (TPSA) is 129 Å². The average Bonchev–Trinajstić information content (AvgIpc) is 3.08. The zero-order chi connectivity index (χ0) is 22.0. The zero-order valence-corrected chi connectivity index (χ0v) is 17.1. The van der Waals surface area contributed by atoms with Crippen molar-refractivity contribution in [2.75, 3.05) is 5.43 Å². The molecule has 30 heavy (non-hydrogen) atoms. The predicted octanol–water partition coefficient (Wildman–Crippen LogP) is 1.93. The molecule has 0 atom stereocenters. The lowest BCUT2D eigenvalue weighted by molar-refractivity contribution is -0.384. The minimum Gasteiger partial charge on any atom is -0.299 e. The van der Waals surface area contributed by atoms with Gasteiger partial charge in [0.1, 0.15) is 0 Å². The number of hydrazone groups is 1. The van der Waals surface area contributed by atoms with E-state index in [1.165, 1.54) is 37.0 Å². The van der Waals surface area contributed by atoms with Gasteiger partial charge in [-0.25, -0.2) is 10.2 Å². The van der Waals surface area contributed by atoms with Crippen molar-refractivity contribution in [1.82, 2.24) is 18.7 Å². The lowest BCUT2D eigenvalue weighted by Crippen LogP contribution is -2.37. The Morgan fingerprint density at radius 3 is 2.73 bits per heavy atom. The van der Waals surface area contributed by atoms with Gasteiger partial charge in [-0.05, 0) is 6.92 Å². The van der Waals surface area contributed by atoms with Crippen molar-refractivity contribution < 1.29 is 4.92 Å². The van der Waals surface area contributed by atoms with Gasteiger partial charge in [-0.15, -0.1) is 0 Å². The van der Waals surface area contributed by atoms with Gasteiger partial charge in [0, 0.05) is 43.4 Å². The molecule has 0 aliphatic heterocycles. The van der Waals surface area contributed by atoms with Crippen LogP contribution < -0.4 is 16.7 Å². The van der Waals surface area contributed by atoms with E-state index in [9.17, 15) is 19.7 Å². The van der Waals surface area contributed by atoms with Gasteiger partial charge in [-0.2, -0.15) is 10.1 Å². The number of nitro groups is 1. The second kappa shape index (κ2) is 8.33. The van der Waals surface area contributed by atoms with Crippen LogP contribution in [0.3, 0.4) is 0 Å². The van der Waals surface area contributed by atoms with Crippen LogP contribution in [0.4, 0.5) is 11.6 Å². The maximum Gasteiger partial charge on any atom is 0.332 e. The predicted molar refractivity (Wildman–Crippen MR) is 114 cm³/mol. The zero-order valence-electron chi connectivity index (χ0n) is 16.4. The van der Waals surface area contributed by atoms with Crippen molar-refractivity contribution in [2.45, 2.75) is 13.5 Å². The molecular weight excluding hydrogens is 414 g/mol. The number of allylic oxidation sites excluding steroid dienone is 2.